The Kier molecular flexibility index (Phi) is 6.72. The van der Waals surface area contributed by atoms with Gasteiger partial charge >= 0.3 is 0 Å². The van der Waals surface area contributed by atoms with Gasteiger partial charge in [-0.25, -0.2) is 0 Å². The molecule has 0 bridgehead atoms. The number of rotatable bonds is 8. The molecule has 1 aliphatic rings. The highest BCUT2D eigenvalue weighted by molar-refractivity contribution is 7.10. The van der Waals surface area contributed by atoms with E-state index in [1.165, 1.54) is 22.5 Å². The van der Waals surface area contributed by atoms with Crippen molar-refractivity contribution in [3.63, 3.8) is 0 Å². The second-order valence-electron chi connectivity index (χ2n) is 7.46. The lowest BCUT2D eigenvalue weighted by Gasteiger charge is -2.31. The lowest BCUT2D eigenvalue weighted by atomic mass is 10.1. The Morgan fingerprint density at radius 2 is 1.97 bits per heavy atom. The molecule has 1 aromatic carbocycles. The van der Waals surface area contributed by atoms with Gasteiger partial charge in [0.25, 0.3) is 5.91 Å². The predicted molar refractivity (Wildman–Crippen MR) is 121 cm³/mol. The van der Waals surface area contributed by atoms with Crippen LogP contribution in [0.4, 0.5) is 5.69 Å². The number of hydrogen-bond donors (Lipinski definition) is 1. The van der Waals surface area contributed by atoms with E-state index in [1.807, 2.05) is 42.6 Å². The maximum absolute atomic E-state index is 13.6. The zero-order valence-electron chi connectivity index (χ0n) is 17.5. The van der Waals surface area contributed by atoms with E-state index in [4.69, 9.17) is 9.15 Å². The van der Waals surface area contributed by atoms with Crippen LogP contribution >= 0.6 is 11.3 Å². The van der Waals surface area contributed by atoms with Crippen LogP contribution in [0.2, 0.25) is 0 Å². The lowest BCUT2D eigenvalue weighted by Crippen LogP contribution is -2.46. The van der Waals surface area contributed by atoms with Gasteiger partial charge in [-0.1, -0.05) is 31.0 Å². The number of ether oxygens (including phenoxy) is 1. The molecule has 6 nitrogen and oxygen atoms in total. The van der Waals surface area contributed by atoms with Crippen molar-refractivity contribution in [3.8, 4) is 5.75 Å². The lowest BCUT2D eigenvalue weighted by molar-refractivity contribution is -0.123. The summed E-state index contributed by atoms with van der Waals surface area (Å²) in [4.78, 5) is 29.5. The first-order valence-corrected chi connectivity index (χ1v) is 11.5. The smallest absolute Gasteiger partial charge is 0.295 e. The molecule has 0 spiro atoms. The highest BCUT2D eigenvalue weighted by atomic mass is 32.1. The average molecular weight is 439 g/mol. The first kappa shape index (κ1) is 21.2. The topological polar surface area (TPSA) is 71.8 Å². The van der Waals surface area contributed by atoms with Crippen molar-refractivity contribution in [1.82, 2.24) is 5.32 Å². The Hall–Kier alpha value is -3.06. The normalized spacial score (nSPS) is 14.9. The van der Waals surface area contributed by atoms with E-state index in [0.29, 0.717) is 18.0 Å². The number of amides is 2. The van der Waals surface area contributed by atoms with Crippen molar-refractivity contribution in [2.75, 3.05) is 11.5 Å². The molecule has 0 saturated heterocycles. The van der Waals surface area contributed by atoms with E-state index in [0.717, 1.165) is 30.6 Å². The molecular formula is C24H26N2O4S. The first-order chi connectivity index (χ1) is 15.2. The van der Waals surface area contributed by atoms with Crippen LogP contribution in [0.25, 0.3) is 0 Å². The number of thiophene rings is 1. The minimum absolute atomic E-state index is 0.137. The number of carbonyl (C=O) groups is 2. The van der Waals surface area contributed by atoms with Crippen LogP contribution in [0.15, 0.2) is 64.6 Å². The van der Waals surface area contributed by atoms with Crippen LogP contribution in [0.1, 0.15) is 54.1 Å². The van der Waals surface area contributed by atoms with Crippen molar-refractivity contribution < 1.29 is 18.7 Å². The molecule has 4 rings (SSSR count). The van der Waals surface area contributed by atoms with Gasteiger partial charge in [-0.15, -0.1) is 11.3 Å². The van der Waals surface area contributed by atoms with Crippen LogP contribution < -0.4 is 15.0 Å². The van der Waals surface area contributed by atoms with E-state index in [1.54, 1.807) is 18.2 Å². The summed E-state index contributed by atoms with van der Waals surface area (Å²) in [5.74, 6) is 0.124. The van der Waals surface area contributed by atoms with Crippen LogP contribution in [-0.2, 0) is 4.79 Å². The Labute approximate surface area is 185 Å². The maximum Gasteiger partial charge on any atom is 0.295 e. The molecule has 1 N–H and O–H groups in total. The molecule has 3 aromatic rings. The summed E-state index contributed by atoms with van der Waals surface area (Å²) in [5.41, 5.74) is 0.533. The fourth-order valence-electron chi connectivity index (χ4n) is 3.99. The molecule has 31 heavy (non-hydrogen) atoms. The number of hydrogen-bond acceptors (Lipinski definition) is 5. The maximum atomic E-state index is 13.6. The van der Waals surface area contributed by atoms with Crippen molar-refractivity contribution in [2.45, 2.75) is 44.7 Å². The quantitative estimate of drug-likeness (QED) is 0.526. The highest BCUT2D eigenvalue weighted by Gasteiger charge is 2.37. The molecule has 0 unspecified atom stereocenters. The molecule has 1 atom stereocenters. The third-order valence-electron chi connectivity index (χ3n) is 5.40. The zero-order valence-corrected chi connectivity index (χ0v) is 18.3. The summed E-state index contributed by atoms with van der Waals surface area (Å²) in [7, 11) is 0. The number of anilines is 1. The van der Waals surface area contributed by atoms with Crippen molar-refractivity contribution in [3.05, 3.63) is 70.8 Å². The number of benzene rings is 1. The molecule has 1 fully saturated rings. The molecule has 1 aliphatic carbocycles. The Morgan fingerprint density at radius 1 is 1.16 bits per heavy atom. The third kappa shape index (κ3) is 4.66. The standard InChI is InChI=1S/C24H26N2O4S/c1-2-29-19-12-6-5-11-18(19)26(24(28)20-13-7-15-30-20)22(21-14-8-16-31-21)23(27)25-17-9-3-4-10-17/h5-8,11-17,22H,2-4,9-10H2,1H3,(H,25,27)/t22-/m1/s1. The summed E-state index contributed by atoms with van der Waals surface area (Å²) in [6.45, 7) is 2.33. The molecule has 0 radical (unpaired) electrons. The average Bonchev–Trinajstić information content (AvgIpc) is 3.56. The largest absolute Gasteiger partial charge is 0.492 e. The summed E-state index contributed by atoms with van der Waals surface area (Å²) < 4.78 is 11.2. The number of carbonyl (C=O) groups excluding carboxylic acids is 2. The summed E-state index contributed by atoms with van der Waals surface area (Å²) in [6.07, 6.45) is 5.60. The highest BCUT2D eigenvalue weighted by Crippen LogP contribution is 2.38. The van der Waals surface area contributed by atoms with E-state index in [2.05, 4.69) is 5.32 Å². The monoisotopic (exact) mass is 438 g/mol. The molecule has 2 aromatic heterocycles. The summed E-state index contributed by atoms with van der Waals surface area (Å²) in [5, 5.41) is 5.08. The Morgan fingerprint density at radius 3 is 2.65 bits per heavy atom. The van der Waals surface area contributed by atoms with Gasteiger partial charge in [-0.2, -0.15) is 0 Å². The first-order valence-electron chi connectivity index (χ1n) is 10.6. The van der Waals surface area contributed by atoms with Crippen LogP contribution in [-0.4, -0.2) is 24.5 Å². The van der Waals surface area contributed by atoms with E-state index in [9.17, 15) is 9.59 Å². The fraction of sp³-hybridized carbons (Fsp3) is 0.333. The fourth-order valence-corrected chi connectivity index (χ4v) is 4.80. The molecule has 1 saturated carbocycles. The summed E-state index contributed by atoms with van der Waals surface area (Å²) in [6, 6.07) is 13.6. The Bertz CT molecular complexity index is 995. The van der Waals surface area contributed by atoms with Gasteiger partial charge in [-0.05, 0) is 55.5 Å². The van der Waals surface area contributed by atoms with Crippen molar-refractivity contribution >= 4 is 28.8 Å². The number of para-hydroxylation sites is 2. The van der Waals surface area contributed by atoms with Gasteiger partial charge in [0.1, 0.15) is 5.75 Å². The molecule has 162 valence electrons. The van der Waals surface area contributed by atoms with Gasteiger partial charge in [-0.3, -0.25) is 14.5 Å². The van der Waals surface area contributed by atoms with Crippen LogP contribution in [0.3, 0.4) is 0 Å². The molecule has 7 heteroatoms. The van der Waals surface area contributed by atoms with Crippen LogP contribution in [0, 0.1) is 0 Å². The van der Waals surface area contributed by atoms with Crippen LogP contribution in [0.5, 0.6) is 5.75 Å². The van der Waals surface area contributed by atoms with Gasteiger partial charge in [0.2, 0.25) is 5.91 Å². The number of nitrogens with one attached hydrogen (secondary N) is 1. The molecular weight excluding hydrogens is 412 g/mol. The second kappa shape index (κ2) is 9.83. The van der Waals surface area contributed by atoms with Gasteiger partial charge in [0.15, 0.2) is 11.8 Å². The molecule has 2 amide bonds. The van der Waals surface area contributed by atoms with E-state index >= 15 is 0 Å². The minimum Gasteiger partial charge on any atom is -0.492 e. The number of furan rings is 1. The predicted octanol–water partition coefficient (Wildman–Crippen LogP) is 5.19. The van der Waals surface area contributed by atoms with Gasteiger partial charge in [0.05, 0.1) is 18.6 Å². The minimum atomic E-state index is -0.834. The second-order valence-corrected chi connectivity index (χ2v) is 8.44. The van der Waals surface area contributed by atoms with Gasteiger partial charge < -0.3 is 14.5 Å². The molecule has 2 heterocycles. The summed E-state index contributed by atoms with van der Waals surface area (Å²) >= 11 is 1.45. The van der Waals surface area contributed by atoms with E-state index < -0.39 is 11.9 Å². The van der Waals surface area contributed by atoms with Crippen molar-refractivity contribution in [2.24, 2.45) is 0 Å². The molecule has 0 aliphatic heterocycles. The van der Waals surface area contributed by atoms with Gasteiger partial charge in [0, 0.05) is 10.9 Å². The Balaban J connectivity index is 1.80. The zero-order chi connectivity index (χ0) is 21.6. The third-order valence-corrected chi connectivity index (χ3v) is 6.32. The van der Waals surface area contributed by atoms with Crippen molar-refractivity contribution in [1.29, 1.82) is 0 Å². The van der Waals surface area contributed by atoms with E-state index in [-0.39, 0.29) is 17.7 Å². The number of nitrogens with zero attached hydrogens (tertiary/aromatic N) is 1. The SMILES string of the molecule is CCOc1ccccc1N(C(=O)c1ccco1)[C@@H](C(=O)NC1CCCC1)c1cccs1.